The van der Waals surface area contributed by atoms with Crippen molar-refractivity contribution in [3.63, 3.8) is 0 Å². The molecule has 12 heteroatoms. The summed E-state index contributed by atoms with van der Waals surface area (Å²) in [5.41, 5.74) is -0.253. The topological polar surface area (TPSA) is 158 Å². The van der Waals surface area contributed by atoms with Crippen LogP contribution in [-0.2, 0) is 39.9 Å². The second-order valence-electron chi connectivity index (χ2n) is 8.83. The number of carbonyl (C=O) groups excluding carboxylic acids is 5. The number of esters is 2. The molecular weight excluding hydrogens is 486 g/mol. The number of methoxy groups -OCH3 is 2. The van der Waals surface area contributed by atoms with E-state index in [1.54, 1.807) is 45.0 Å². The van der Waals surface area contributed by atoms with Gasteiger partial charge in [0.15, 0.2) is 0 Å². The number of carbonyl (C=O) groups is 5. The number of alkyl carbamates (subject to hydrolysis) is 2. The van der Waals surface area contributed by atoms with Crippen LogP contribution >= 0.6 is 0 Å². The highest BCUT2D eigenvalue weighted by Crippen LogP contribution is 2.09. The highest BCUT2D eigenvalue weighted by Gasteiger charge is 2.26. The largest absolute Gasteiger partial charge is 0.467 e. The Bertz CT molecular complexity index is 971. The van der Waals surface area contributed by atoms with Gasteiger partial charge in [0.1, 0.15) is 30.0 Å². The summed E-state index contributed by atoms with van der Waals surface area (Å²) in [6.45, 7) is 6.39. The minimum absolute atomic E-state index is 0.0172. The van der Waals surface area contributed by atoms with Gasteiger partial charge in [0.25, 0.3) is 0 Å². The maximum Gasteiger partial charge on any atom is 0.412 e. The van der Waals surface area contributed by atoms with E-state index < -0.39 is 47.7 Å². The molecule has 3 N–H and O–H groups in total. The van der Waals surface area contributed by atoms with E-state index in [1.165, 1.54) is 20.1 Å². The van der Waals surface area contributed by atoms with E-state index in [9.17, 15) is 24.0 Å². The summed E-state index contributed by atoms with van der Waals surface area (Å²) in [7, 11) is 2.32. The average Bonchev–Trinajstić information content (AvgIpc) is 2.84. The number of nitrogens with one attached hydrogen (secondary N) is 3. The van der Waals surface area contributed by atoms with Crippen molar-refractivity contribution in [1.29, 1.82) is 0 Å². The van der Waals surface area contributed by atoms with Gasteiger partial charge in [0.05, 0.1) is 14.2 Å². The van der Waals surface area contributed by atoms with Crippen molar-refractivity contribution >= 4 is 30.0 Å². The number of benzene rings is 1. The third kappa shape index (κ3) is 12.4. The molecule has 204 valence electrons. The minimum atomic E-state index is -1.15. The minimum Gasteiger partial charge on any atom is -0.467 e. The van der Waals surface area contributed by atoms with Crippen molar-refractivity contribution in [3.8, 4) is 0 Å². The van der Waals surface area contributed by atoms with Gasteiger partial charge in [-0.1, -0.05) is 36.4 Å². The lowest BCUT2D eigenvalue weighted by atomic mass is 10.1. The highest BCUT2D eigenvalue weighted by molar-refractivity contribution is 5.92. The van der Waals surface area contributed by atoms with Gasteiger partial charge in [-0.15, -0.1) is 0 Å². The lowest BCUT2D eigenvalue weighted by Gasteiger charge is -2.21. The Hall–Kier alpha value is -4.09. The molecule has 0 saturated carbocycles. The quantitative estimate of drug-likeness (QED) is 0.226. The molecule has 3 amide bonds. The lowest BCUT2D eigenvalue weighted by Crippen LogP contribution is -2.51. The zero-order valence-electron chi connectivity index (χ0n) is 21.9. The molecule has 0 aliphatic carbocycles. The Morgan fingerprint density at radius 2 is 1.59 bits per heavy atom. The third-order valence-corrected chi connectivity index (χ3v) is 4.58. The van der Waals surface area contributed by atoms with E-state index in [2.05, 4.69) is 25.4 Å². The lowest BCUT2D eigenvalue weighted by molar-refractivity contribution is -0.144. The fourth-order valence-electron chi connectivity index (χ4n) is 2.83. The summed E-state index contributed by atoms with van der Waals surface area (Å²) in [5, 5.41) is 7.22. The van der Waals surface area contributed by atoms with Crippen LogP contribution in [0.2, 0.25) is 0 Å². The summed E-state index contributed by atoms with van der Waals surface area (Å²) in [4.78, 5) is 61.0. The first-order chi connectivity index (χ1) is 17.4. The number of rotatable bonds is 11. The molecule has 37 heavy (non-hydrogen) atoms. The Balaban J connectivity index is 2.93. The van der Waals surface area contributed by atoms with Crippen molar-refractivity contribution in [2.75, 3.05) is 14.2 Å². The molecule has 0 aliphatic heterocycles. The van der Waals surface area contributed by atoms with Crippen molar-refractivity contribution in [3.05, 3.63) is 47.7 Å². The smallest absolute Gasteiger partial charge is 0.412 e. The molecule has 0 heterocycles. The van der Waals surface area contributed by atoms with Crippen LogP contribution < -0.4 is 16.0 Å². The van der Waals surface area contributed by atoms with Crippen LogP contribution in [0.3, 0.4) is 0 Å². The number of ether oxygens (including phenoxy) is 4. The summed E-state index contributed by atoms with van der Waals surface area (Å²) in [6.07, 6.45) is -0.371. The number of allylic oxidation sites excluding steroid dienone is 1. The van der Waals surface area contributed by atoms with Crippen LogP contribution in [0.5, 0.6) is 0 Å². The van der Waals surface area contributed by atoms with Gasteiger partial charge in [0.2, 0.25) is 5.91 Å². The van der Waals surface area contributed by atoms with E-state index >= 15 is 0 Å². The molecule has 1 rings (SSSR count). The van der Waals surface area contributed by atoms with Gasteiger partial charge in [-0.3, -0.25) is 10.1 Å². The van der Waals surface area contributed by atoms with Crippen LogP contribution in [-0.4, -0.2) is 61.9 Å². The normalized spacial score (nSPS) is 12.9. The second kappa shape index (κ2) is 15.1. The summed E-state index contributed by atoms with van der Waals surface area (Å²) in [6, 6.07) is 6.82. The summed E-state index contributed by atoms with van der Waals surface area (Å²) < 4.78 is 19.6. The maximum atomic E-state index is 12.8. The molecule has 0 saturated heterocycles. The van der Waals surface area contributed by atoms with E-state index in [0.717, 1.165) is 12.7 Å². The molecule has 1 aromatic rings. The predicted molar refractivity (Wildman–Crippen MR) is 132 cm³/mol. The van der Waals surface area contributed by atoms with E-state index in [-0.39, 0.29) is 25.1 Å². The Morgan fingerprint density at radius 3 is 2.16 bits per heavy atom. The van der Waals surface area contributed by atoms with Gasteiger partial charge in [-0.05, 0) is 46.1 Å². The van der Waals surface area contributed by atoms with Crippen LogP contribution in [0.15, 0.2) is 42.1 Å². The SMILES string of the molecule is COC(=O)/C(=C/CC[C@@H](NC(=O)OCc1ccccc1)C(=O)N[C@H](C)C(=O)OC)NC(=O)OC(C)(C)C. The van der Waals surface area contributed by atoms with Crippen molar-refractivity contribution in [2.45, 2.75) is 64.8 Å². The van der Waals surface area contributed by atoms with Crippen LogP contribution in [0, 0.1) is 0 Å². The number of hydrogen-bond acceptors (Lipinski definition) is 9. The van der Waals surface area contributed by atoms with Gasteiger partial charge in [0, 0.05) is 0 Å². The Kier molecular flexibility index (Phi) is 12.6. The summed E-state index contributed by atoms with van der Waals surface area (Å²) >= 11 is 0. The van der Waals surface area contributed by atoms with Gasteiger partial charge < -0.3 is 29.6 Å². The molecule has 0 bridgehead atoms. The van der Waals surface area contributed by atoms with E-state index in [0.29, 0.717) is 0 Å². The van der Waals surface area contributed by atoms with Crippen LogP contribution in [0.1, 0.15) is 46.1 Å². The van der Waals surface area contributed by atoms with Crippen LogP contribution in [0.4, 0.5) is 9.59 Å². The highest BCUT2D eigenvalue weighted by atomic mass is 16.6. The first kappa shape index (κ1) is 30.9. The molecule has 0 unspecified atom stereocenters. The zero-order valence-corrected chi connectivity index (χ0v) is 21.9. The molecule has 0 radical (unpaired) electrons. The molecule has 12 nitrogen and oxygen atoms in total. The van der Waals surface area contributed by atoms with Crippen molar-refractivity contribution in [1.82, 2.24) is 16.0 Å². The second-order valence-corrected chi connectivity index (χ2v) is 8.83. The molecule has 0 spiro atoms. The van der Waals surface area contributed by atoms with Crippen LogP contribution in [0.25, 0.3) is 0 Å². The predicted octanol–water partition coefficient (Wildman–Crippen LogP) is 2.32. The van der Waals surface area contributed by atoms with E-state index in [1.807, 2.05) is 6.07 Å². The number of hydrogen-bond donors (Lipinski definition) is 3. The van der Waals surface area contributed by atoms with Gasteiger partial charge in [-0.2, -0.15) is 0 Å². The first-order valence-corrected chi connectivity index (χ1v) is 11.5. The van der Waals surface area contributed by atoms with Gasteiger partial charge in [-0.25, -0.2) is 19.2 Å². The zero-order chi connectivity index (χ0) is 28.0. The third-order valence-electron chi connectivity index (χ3n) is 4.58. The monoisotopic (exact) mass is 521 g/mol. The molecular formula is C25H35N3O9. The van der Waals surface area contributed by atoms with E-state index in [4.69, 9.17) is 9.47 Å². The Morgan fingerprint density at radius 1 is 0.946 bits per heavy atom. The fraction of sp³-hybridized carbons (Fsp3) is 0.480. The maximum absolute atomic E-state index is 12.8. The standard InChI is InChI=1S/C25H35N3O9/c1-16(21(30)34-5)26-20(29)18(27-23(32)36-15-17-11-8-7-9-12-17)13-10-14-19(22(31)35-6)28-24(33)37-25(2,3)4/h7-9,11-12,14,16,18H,10,13,15H2,1-6H3,(H,26,29)(H,27,32)(H,28,33)/b19-14-/t16-,18-/m1/s1. The molecule has 0 aliphatic rings. The number of amides is 3. The first-order valence-electron chi connectivity index (χ1n) is 11.5. The molecule has 1 aromatic carbocycles. The summed E-state index contributed by atoms with van der Waals surface area (Å²) in [5.74, 6) is -2.18. The molecule has 0 aromatic heterocycles. The van der Waals surface area contributed by atoms with Crippen molar-refractivity contribution in [2.24, 2.45) is 0 Å². The fourth-order valence-corrected chi connectivity index (χ4v) is 2.83. The molecule has 0 fully saturated rings. The Labute approximate surface area is 216 Å². The molecule has 2 atom stereocenters. The average molecular weight is 522 g/mol. The van der Waals surface area contributed by atoms with Crippen molar-refractivity contribution < 1.29 is 42.9 Å². The van der Waals surface area contributed by atoms with Gasteiger partial charge >= 0.3 is 24.1 Å².